The van der Waals surface area contributed by atoms with Gasteiger partial charge in [0.15, 0.2) is 0 Å². The van der Waals surface area contributed by atoms with Gasteiger partial charge >= 0.3 is 0 Å². The number of fused-ring (bicyclic) bond motifs is 1. The first-order valence-electron chi connectivity index (χ1n) is 9.86. The van der Waals surface area contributed by atoms with Crippen LogP contribution in [-0.2, 0) is 16.4 Å². The summed E-state index contributed by atoms with van der Waals surface area (Å²) in [6.07, 6.45) is 3.04. The quantitative estimate of drug-likeness (QED) is 0.722. The molecule has 2 aromatic rings. The smallest absolute Gasteiger partial charge is 0.265 e. The Balaban J connectivity index is 1.70. The van der Waals surface area contributed by atoms with Gasteiger partial charge in [-0.15, -0.1) is 0 Å². The molecule has 30 heavy (non-hydrogen) atoms. The van der Waals surface area contributed by atoms with Gasteiger partial charge in [0.05, 0.1) is 19.9 Å². The van der Waals surface area contributed by atoms with E-state index in [2.05, 4.69) is 9.62 Å². The van der Waals surface area contributed by atoms with Gasteiger partial charge in [-0.25, -0.2) is 8.42 Å². The summed E-state index contributed by atoms with van der Waals surface area (Å²) < 4.78 is 45.9. The third-order valence-corrected chi connectivity index (χ3v) is 7.24. The van der Waals surface area contributed by atoms with Gasteiger partial charge in [-0.3, -0.25) is 9.62 Å². The molecule has 2 heterocycles. The first-order chi connectivity index (χ1) is 14.4. The van der Waals surface area contributed by atoms with Crippen LogP contribution in [0.3, 0.4) is 0 Å². The Labute approximate surface area is 181 Å². The van der Waals surface area contributed by atoms with Gasteiger partial charge in [0.2, 0.25) is 0 Å². The minimum Gasteiger partial charge on any atom is -0.496 e. The Bertz CT molecular complexity index is 1040. The number of rotatable bonds is 6. The highest BCUT2D eigenvalue weighted by Crippen LogP contribution is 2.41. The molecule has 1 atom stereocenters. The molecule has 0 bridgehead atoms. The monoisotopic (exact) mass is 452 g/mol. The average Bonchev–Trinajstić information content (AvgIpc) is 3.27. The number of anilines is 1. The van der Waals surface area contributed by atoms with Crippen molar-refractivity contribution in [2.24, 2.45) is 0 Å². The zero-order chi connectivity index (χ0) is 21.3. The van der Waals surface area contributed by atoms with Crippen molar-refractivity contribution in [1.82, 2.24) is 4.90 Å². The van der Waals surface area contributed by atoms with Crippen molar-refractivity contribution >= 4 is 27.3 Å². The van der Waals surface area contributed by atoms with Crippen molar-refractivity contribution in [3.8, 4) is 17.2 Å². The highest BCUT2D eigenvalue weighted by atomic mass is 35.5. The van der Waals surface area contributed by atoms with E-state index in [9.17, 15) is 8.42 Å². The van der Waals surface area contributed by atoms with Crippen LogP contribution >= 0.6 is 11.6 Å². The molecule has 2 aliphatic rings. The van der Waals surface area contributed by atoms with Gasteiger partial charge in [0.1, 0.15) is 28.8 Å². The molecular formula is C21H25ClN2O5S. The molecule has 1 fully saturated rings. The summed E-state index contributed by atoms with van der Waals surface area (Å²) in [6.45, 7) is 2.53. The molecule has 0 spiro atoms. The fourth-order valence-electron chi connectivity index (χ4n) is 4.12. The van der Waals surface area contributed by atoms with Crippen molar-refractivity contribution in [3.63, 3.8) is 0 Å². The van der Waals surface area contributed by atoms with Crippen LogP contribution in [0.15, 0.2) is 35.2 Å². The lowest BCUT2D eigenvalue weighted by atomic mass is 10.0. The Morgan fingerprint density at radius 2 is 1.80 bits per heavy atom. The number of halogens is 1. The number of sulfonamides is 1. The predicted octanol–water partition coefficient (Wildman–Crippen LogP) is 3.56. The number of nitrogens with zero attached hydrogens (tertiary/aromatic N) is 1. The number of methoxy groups -OCH3 is 2. The molecule has 0 unspecified atom stereocenters. The van der Waals surface area contributed by atoms with Gasteiger partial charge in [-0.1, -0.05) is 11.6 Å². The van der Waals surface area contributed by atoms with Crippen LogP contribution in [0.5, 0.6) is 17.2 Å². The van der Waals surface area contributed by atoms with Crippen molar-refractivity contribution in [2.75, 3.05) is 38.6 Å². The second-order valence-electron chi connectivity index (χ2n) is 7.44. The highest BCUT2D eigenvalue weighted by Gasteiger charge is 2.33. The van der Waals surface area contributed by atoms with E-state index in [1.54, 1.807) is 25.3 Å². The largest absolute Gasteiger partial charge is 0.496 e. The maximum absolute atomic E-state index is 13.2. The second kappa shape index (κ2) is 8.53. The van der Waals surface area contributed by atoms with Crippen LogP contribution in [0.4, 0.5) is 5.69 Å². The van der Waals surface area contributed by atoms with Gasteiger partial charge < -0.3 is 14.2 Å². The molecule has 0 aliphatic carbocycles. The van der Waals surface area contributed by atoms with E-state index in [0.717, 1.165) is 18.7 Å². The SMILES string of the molecule is COc1ccc(Cl)cc1NS(=O)(=O)c1ccc(OC)c2c1OC[C@H](N1CCCC1)C2. The number of benzene rings is 2. The Kier molecular flexibility index (Phi) is 5.99. The van der Waals surface area contributed by atoms with Gasteiger partial charge in [-0.2, -0.15) is 0 Å². The minimum absolute atomic E-state index is 0.0696. The lowest BCUT2D eigenvalue weighted by molar-refractivity contribution is 0.137. The third-order valence-electron chi connectivity index (χ3n) is 5.61. The van der Waals surface area contributed by atoms with E-state index in [1.165, 1.54) is 32.1 Å². The topological polar surface area (TPSA) is 77.1 Å². The van der Waals surface area contributed by atoms with Gasteiger partial charge in [0.25, 0.3) is 10.0 Å². The molecule has 0 aromatic heterocycles. The van der Waals surface area contributed by atoms with E-state index in [1.807, 2.05) is 0 Å². The normalized spacial score (nSPS) is 19.1. The molecule has 2 aromatic carbocycles. The maximum Gasteiger partial charge on any atom is 0.265 e. The van der Waals surface area contributed by atoms with Crippen molar-refractivity contribution in [1.29, 1.82) is 0 Å². The Morgan fingerprint density at radius 1 is 1.10 bits per heavy atom. The van der Waals surface area contributed by atoms with E-state index >= 15 is 0 Å². The van der Waals surface area contributed by atoms with E-state index in [4.69, 9.17) is 25.8 Å². The fourth-order valence-corrected chi connectivity index (χ4v) is 5.52. The molecule has 162 valence electrons. The number of likely N-dealkylation sites (tertiary alicyclic amines) is 1. The van der Waals surface area contributed by atoms with Crippen molar-refractivity contribution in [3.05, 3.63) is 40.9 Å². The van der Waals surface area contributed by atoms with Gasteiger partial charge in [0, 0.05) is 16.6 Å². The summed E-state index contributed by atoms with van der Waals surface area (Å²) in [6, 6.07) is 8.16. The summed E-state index contributed by atoms with van der Waals surface area (Å²) in [7, 11) is -0.897. The standard InChI is InChI=1S/C21H25ClN2O5S/c1-27-18-7-8-20(21-16(18)12-15(13-29-21)24-9-3-4-10-24)30(25,26)23-17-11-14(22)5-6-19(17)28-2/h5-8,11,15,23H,3-4,9-10,12-13H2,1-2H3/t15-/m1/s1. The Morgan fingerprint density at radius 3 is 2.50 bits per heavy atom. The summed E-state index contributed by atoms with van der Waals surface area (Å²) in [5.74, 6) is 1.35. The second-order valence-corrected chi connectivity index (χ2v) is 9.52. The molecular weight excluding hydrogens is 428 g/mol. The summed E-state index contributed by atoms with van der Waals surface area (Å²) >= 11 is 6.05. The molecule has 1 N–H and O–H groups in total. The van der Waals surface area contributed by atoms with Crippen LogP contribution in [-0.4, -0.2) is 53.3 Å². The summed E-state index contributed by atoms with van der Waals surface area (Å²) in [4.78, 5) is 2.47. The Hall–Kier alpha value is -2.16. The number of hydrogen-bond donors (Lipinski definition) is 1. The maximum atomic E-state index is 13.2. The van der Waals surface area contributed by atoms with Crippen LogP contribution in [0, 0.1) is 0 Å². The number of ether oxygens (including phenoxy) is 3. The molecule has 1 saturated heterocycles. The highest BCUT2D eigenvalue weighted by molar-refractivity contribution is 7.92. The molecule has 4 rings (SSSR count). The molecule has 7 nitrogen and oxygen atoms in total. The molecule has 9 heteroatoms. The first kappa shape index (κ1) is 21.1. The number of nitrogens with one attached hydrogen (secondary N) is 1. The molecule has 0 saturated carbocycles. The van der Waals surface area contributed by atoms with E-state index in [-0.39, 0.29) is 16.6 Å². The van der Waals surface area contributed by atoms with Crippen molar-refractivity contribution in [2.45, 2.75) is 30.2 Å². The zero-order valence-electron chi connectivity index (χ0n) is 17.0. The lowest BCUT2D eigenvalue weighted by Crippen LogP contribution is -2.41. The van der Waals surface area contributed by atoms with Crippen molar-refractivity contribution < 1.29 is 22.6 Å². The average molecular weight is 453 g/mol. The zero-order valence-corrected chi connectivity index (χ0v) is 18.6. The van der Waals surface area contributed by atoms with Gasteiger partial charge in [-0.05, 0) is 62.7 Å². The summed E-state index contributed by atoms with van der Waals surface area (Å²) in [5.41, 5.74) is 1.04. The minimum atomic E-state index is -3.95. The molecule has 2 aliphatic heterocycles. The third kappa shape index (κ3) is 4.04. The van der Waals surface area contributed by atoms with E-state index < -0.39 is 10.0 Å². The fraction of sp³-hybridized carbons (Fsp3) is 0.429. The van der Waals surface area contributed by atoms with Crippen LogP contribution in [0.25, 0.3) is 0 Å². The summed E-state index contributed by atoms with van der Waals surface area (Å²) in [5, 5.41) is 0.398. The van der Waals surface area contributed by atoms with Crippen LogP contribution in [0.2, 0.25) is 5.02 Å². The van der Waals surface area contributed by atoms with Crippen LogP contribution < -0.4 is 18.9 Å². The molecule has 0 radical (unpaired) electrons. The van der Waals surface area contributed by atoms with E-state index in [0.29, 0.717) is 35.3 Å². The first-order valence-corrected chi connectivity index (χ1v) is 11.7. The predicted molar refractivity (Wildman–Crippen MR) is 116 cm³/mol. The molecule has 0 amide bonds. The number of hydrogen-bond acceptors (Lipinski definition) is 6. The van der Waals surface area contributed by atoms with Crippen LogP contribution in [0.1, 0.15) is 18.4 Å². The lowest BCUT2D eigenvalue weighted by Gasteiger charge is -2.33.